The second-order valence-electron chi connectivity index (χ2n) is 8.33. The number of aliphatic carboxylic acids is 2. The molecule has 0 aliphatic carbocycles. The van der Waals surface area contributed by atoms with E-state index in [4.69, 9.17) is 10.8 Å². The molecule has 12 heteroatoms. The summed E-state index contributed by atoms with van der Waals surface area (Å²) in [5.74, 6) is -5.54. The molecule has 0 aliphatic heterocycles. The Morgan fingerprint density at radius 1 is 0.844 bits per heavy atom. The van der Waals surface area contributed by atoms with E-state index in [9.17, 15) is 34.2 Å². The molecular formula is C20H36N4O8. The minimum atomic E-state index is -1.48. The Morgan fingerprint density at radius 2 is 1.38 bits per heavy atom. The van der Waals surface area contributed by atoms with Gasteiger partial charge in [0.2, 0.25) is 17.7 Å². The van der Waals surface area contributed by atoms with Crippen LogP contribution in [0.2, 0.25) is 0 Å². The van der Waals surface area contributed by atoms with Crippen molar-refractivity contribution in [2.45, 2.75) is 84.2 Å². The van der Waals surface area contributed by atoms with E-state index in [1.165, 1.54) is 6.92 Å². The van der Waals surface area contributed by atoms with Crippen molar-refractivity contribution in [3.63, 3.8) is 0 Å². The first kappa shape index (κ1) is 29.3. The molecule has 0 saturated heterocycles. The van der Waals surface area contributed by atoms with E-state index in [2.05, 4.69) is 16.0 Å². The topological polar surface area (TPSA) is 208 Å². The Morgan fingerprint density at radius 3 is 1.78 bits per heavy atom. The Kier molecular flexibility index (Phi) is 12.5. The van der Waals surface area contributed by atoms with Crippen molar-refractivity contribution in [1.82, 2.24) is 16.0 Å². The second kappa shape index (κ2) is 13.6. The highest BCUT2D eigenvalue weighted by Crippen LogP contribution is 2.10. The molecule has 12 nitrogen and oxygen atoms in total. The van der Waals surface area contributed by atoms with Crippen LogP contribution in [-0.4, -0.2) is 75.3 Å². The molecule has 0 aromatic rings. The summed E-state index contributed by atoms with van der Waals surface area (Å²) in [5, 5.41) is 35.2. The summed E-state index contributed by atoms with van der Waals surface area (Å²) in [7, 11) is 0. The van der Waals surface area contributed by atoms with Crippen LogP contribution >= 0.6 is 0 Å². The van der Waals surface area contributed by atoms with Crippen molar-refractivity contribution in [3.05, 3.63) is 0 Å². The van der Waals surface area contributed by atoms with Crippen LogP contribution in [-0.2, 0) is 24.0 Å². The zero-order valence-electron chi connectivity index (χ0n) is 19.1. The van der Waals surface area contributed by atoms with Crippen LogP contribution in [0, 0.1) is 11.8 Å². The maximum Gasteiger partial charge on any atom is 0.326 e. The van der Waals surface area contributed by atoms with Crippen molar-refractivity contribution in [2.75, 3.05) is 0 Å². The molecule has 0 bridgehead atoms. The summed E-state index contributed by atoms with van der Waals surface area (Å²) in [6.07, 6.45) is -1.37. The summed E-state index contributed by atoms with van der Waals surface area (Å²) in [5.41, 5.74) is 5.54. The minimum absolute atomic E-state index is 0.0673. The van der Waals surface area contributed by atoms with Crippen molar-refractivity contribution in [1.29, 1.82) is 0 Å². The SMILES string of the molecule is CCC(C)C(NC(=O)C(NC(=O)C(CC(C)C)NC(=O)C(N)CC(=O)O)C(C)O)C(=O)O. The number of carbonyl (C=O) groups is 5. The van der Waals surface area contributed by atoms with Gasteiger partial charge in [0.25, 0.3) is 0 Å². The van der Waals surface area contributed by atoms with Gasteiger partial charge in [0.15, 0.2) is 0 Å². The van der Waals surface area contributed by atoms with Gasteiger partial charge in [-0.2, -0.15) is 0 Å². The third kappa shape index (κ3) is 10.1. The molecule has 8 N–H and O–H groups in total. The molecule has 32 heavy (non-hydrogen) atoms. The van der Waals surface area contributed by atoms with E-state index >= 15 is 0 Å². The largest absolute Gasteiger partial charge is 0.481 e. The summed E-state index contributed by atoms with van der Waals surface area (Å²) in [4.78, 5) is 59.8. The Labute approximate surface area is 187 Å². The highest BCUT2D eigenvalue weighted by molar-refractivity contribution is 5.95. The first-order valence-corrected chi connectivity index (χ1v) is 10.5. The number of hydrogen-bond acceptors (Lipinski definition) is 7. The van der Waals surface area contributed by atoms with Crippen LogP contribution in [0.3, 0.4) is 0 Å². The fourth-order valence-corrected chi connectivity index (χ4v) is 2.85. The van der Waals surface area contributed by atoms with Gasteiger partial charge in [0.1, 0.15) is 18.1 Å². The average molecular weight is 461 g/mol. The van der Waals surface area contributed by atoms with E-state index in [0.29, 0.717) is 6.42 Å². The fourth-order valence-electron chi connectivity index (χ4n) is 2.85. The third-order valence-corrected chi connectivity index (χ3v) is 4.91. The normalized spacial score (nSPS) is 16.8. The predicted octanol–water partition coefficient (Wildman–Crippen LogP) is -1.20. The van der Waals surface area contributed by atoms with Crippen LogP contribution in [0.5, 0.6) is 0 Å². The molecule has 0 spiro atoms. The molecule has 184 valence electrons. The monoisotopic (exact) mass is 460 g/mol. The molecule has 0 aromatic carbocycles. The molecule has 0 aromatic heterocycles. The Bertz CT molecular complexity index is 683. The van der Waals surface area contributed by atoms with Crippen LogP contribution in [0.15, 0.2) is 0 Å². The number of nitrogens with one attached hydrogen (secondary N) is 3. The van der Waals surface area contributed by atoms with Crippen LogP contribution < -0.4 is 21.7 Å². The molecule has 0 heterocycles. The maximum atomic E-state index is 12.8. The van der Waals surface area contributed by atoms with Crippen molar-refractivity contribution in [2.24, 2.45) is 17.6 Å². The van der Waals surface area contributed by atoms with Gasteiger partial charge in [0, 0.05) is 0 Å². The lowest BCUT2D eigenvalue weighted by molar-refractivity contribution is -0.144. The Hall–Kier alpha value is -2.73. The summed E-state index contributed by atoms with van der Waals surface area (Å²) in [6, 6.07) is -5.22. The van der Waals surface area contributed by atoms with Crippen LogP contribution in [0.25, 0.3) is 0 Å². The van der Waals surface area contributed by atoms with Crippen LogP contribution in [0.1, 0.15) is 53.9 Å². The van der Waals surface area contributed by atoms with E-state index in [-0.39, 0.29) is 12.3 Å². The summed E-state index contributed by atoms with van der Waals surface area (Å²) >= 11 is 0. The number of aliphatic hydroxyl groups is 1. The van der Waals surface area contributed by atoms with Gasteiger partial charge >= 0.3 is 11.9 Å². The molecule has 0 radical (unpaired) electrons. The zero-order valence-corrected chi connectivity index (χ0v) is 19.1. The highest BCUT2D eigenvalue weighted by Gasteiger charge is 2.34. The van der Waals surface area contributed by atoms with Crippen molar-refractivity contribution < 1.29 is 39.3 Å². The lowest BCUT2D eigenvalue weighted by Crippen LogP contribution is -2.60. The highest BCUT2D eigenvalue weighted by atomic mass is 16.4. The Balaban J connectivity index is 5.48. The number of aliphatic hydroxyl groups excluding tert-OH is 1. The van der Waals surface area contributed by atoms with E-state index in [1.54, 1.807) is 27.7 Å². The van der Waals surface area contributed by atoms with Gasteiger partial charge in [-0.05, 0) is 25.2 Å². The average Bonchev–Trinajstić information content (AvgIpc) is 2.67. The number of hydrogen-bond donors (Lipinski definition) is 7. The molecule has 0 saturated carbocycles. The van der Waals surface area contributed by atoms with Crippen LogP contribution in [0.4, 0.5) is 0 Å². The number of rotatable bonds is 14. The van der Waals surface area contributed by atoms with Gasteiger partial charge in [-0.15, -0.1) is 0 Å². The smallest absolute Gasteiger partial charge is 0.326 e. The van der Waals surface area contributed by atoms with E-state index < -0.39 is 72.3 Å². The van der Waals surface area contributed by atoms with Crippen molar-refractivity contribution in [3.8, 4) is 0 Å². The van der Waals surface area contributed by atoms with Gasteiger partial charge in [0.05, 0.1) is 18.6 Å². The molecule has 3 amide bonds. The first-order valence-electron chi connectivity index (χ1n) is 10.5. The van der Waals surface area contributed by atoms with Crippen molar-refractivity contribution >= 4 is 29.7 Å². The molecule has 0 fully saturated rings. The van der Waals surface area contributed by atoms with Gasteiger partial charge in [-0.1, -0.05) is 34.1 Å². The summed E-state index contributed by atoms with van der Waals surface area (Å²) in [6.45, 7) is 8.22. The molecular weight excluding hydrogens is 424 g/mol. The first-order chi connectivity index (χ1) is 14.7. The van der Waals surface area contributed by atoms with Gasteiger partial charge in [-0.25, -0.2) is 4.79 Å². The van der Waals surface area contributed by atoms with Gasteiger partial charge < -0.3 is 37.0 Å². The third-order valence-electron chi connectivity index (χ3n) is 4.91. The quantitative estimate of drug-likeness (QED) is 0.166. The fraction of sp³-hybridized carbons (Fsp3) is 0.750. The van der Waals surface area contributed by atoms with E-state index in [1.807, 2.05) is 0 Å². The number of nitrogens with two attached hydrogens (primary N) is 1. The number of carboxylic acids is 2. The lowest BCUT2D eigenvalue weighted by atomic mass is 9.98. The molecule has 0 aliphatic rings. The molecule has 0 rings (SSSR count). The summed E-state index contributed by atoms with van der Waals surface area (Å²) < 4.78 is 0. The molecule has 6 unspecified atom stereocenters. The number of carbonyl (C=O) groups excluding carboxylic acids is 3. The maximum absolute atomic E-state index is 12.8. The second-order valence-corrected chi connectivity index (χ2v) is 8.33. The number of carboxylic acid groups (broad SMARTS) is 2. The number of amides is 3. The van der Waals surface area contributed by atoms with E-state index in [0.717, 1.165) is 0 Å². The minimum Gasteiger partial charge on any atom is -0.481 e. The zero-order chi connectivity index (χ0) is 25.2. The predicted molar refractivity (Wildman–Crippen MR) is 114 cm³/mol. The standard InChI is InChI=1S/C20H36N4O8/c1-6-10(4)15(20(31)32)23-19(30)16(11(5)25)24-18(29)13(7-9(2)3)22-17(28)12(21)8-14(26)27/h9-13,15-16,25H,6-8,21H2,1-5H3,(H,22,28)(H,23,30)(H,24,29)(H,26,27)(H,31,32). The molecule has 6 atom stereocenters. The lowest BCUT2D eigenvalue weighted by Gasteiger charge is -2.28. The van der Waals surface area contributed by atoms with Gasteiger partial charge in [-0.3, -0.25) is 19.2 Å².